The molecule has 112 valence electrons. The molecule has 0 fully saturated rings. The summed E-state index contributed by atoms with van der Waals surface area (Å²) in [6.45, 7) is 2.98. The molecular formula is C18H16ClFN2. The lowest BCUT2D eigenvalue weighted by Crippen LogP contribution is -2.17. The first kappa shape index (κ1) is 13.8. The second-order valence-electron chi connectivity index (χ2n) is 5.69. The fourth-order valence-corrected chi connectivity index (χ4v) is 3.48. The molecule has 1 aromatic heterocycles. The van der Waals surface area contributed by atoms with E-state index >= 15 is 0 Å². The molecule has 2 aromatic carbocycles. The van der Waals surface area contributed by atoms with Gasteiger partial charge in [0.05, 0.1) is 5.02 Å². The SMILES string of the molecule is Fc1ccc(-c2ccc3cc4n(c3c2)CCNCC4)c(Cl)c1. The summed E-state index contributed by atoms with van der Waals surface area (Å²) in [6, 6.07) is 13.2. The van der Waals surface area contributed by atoms with Crippen molar-refractivity contribution in [3.05, 3.63) is 59.0 Å². The van der Waals surface area contributed by atoms with Crippen LogP contribution in [0.3, 0.4) is 0 Å². The van der Waals surface area contributed by atoms with Gasteiger partial charge in [-0.2, -0.15) is 0 Å². The first-order valence-corrected chi connectivity index (χ1v) is 7.88. The van der Waals surface area contributed by atoms with E-state index in [4.69, 9.17) is 11.6 Å². The lowest BCUT2D eigenvalue weighted by atomic mass is 10.0. The maximum atomic E-state index is 13.2. The lowest BCUT2D eigenvalue weighted by Gasteiger charge is -2.09. The van der Waals surface area contributed by atoms with E-state index in [1.165, 1.54) is 28.7 Å². The molecule has 0 radical (unpaired) electrons. The highest BCUT2D eigenvalue weighted by Gasteiger charge is 2.13. The fourth-order valence-electron chi connectivity index (χ4n) is 3.21. The summed E-state index contributed by atoms with van der Waals surface area (Å²) < 4.78 is 15.6. The van der Waals surface area contributed by atoms with Gasteiger partial charge in [-0.05, 0) is 41.3 Å². The van der Waals surface area contributed by atoms with Crippen molar-refractivity contribution in [2.75, 3.05) is 13.1 Å². The lowest BCUT2D eigenvalue weighted by molar-refractivity contribution is 0.628. The van der Waals surface area contributed by atoms with Gasteiger partial charge in [0.1, 0.15) is 5.82 Å². The number of nitrogens with one attached hydrogen (secondary N) is 1. The van der Waals surface area contributed by atoms with Gasteiger partial charge >= 0.3 is 0 Å². The molecule has 3 aromatic rings. The maximum absolute atomic E-state index is 13.2. The zero-order chi connectivity index (χ0) is 15.1. The number of hydrogen-bond acceptors (Lipinski definition) is 1. The maximum Gasteiger partial charge on any atom is 0.124 e. The largest absolute Gasteiger partial charge is 0.343 e. The van der Waals surface area contributed by atoms with E-state index < -0.39 is 0 Å². The Morgan fingerprint density at radius 2 is 1.95 bits per heavy atom. The van der Waals surface area contributed by atoms with E-state index in [1.807, 2.05) is 0 Å². The molecule has 4 heteroatoms. The molecule has 0 bridgehead atoms. The predicted octanol–water partition coefficient (Wildman–Crippen LogP) is 4.25. The normalized spacial score (nSPS) is 14.8. The molecule has 1 aliphatic rings. The number of nitrogens with zero attached hydrogens (tertiary/aromatic N) is 1. The van der Waals surface area contributed by atoms with E-state index in [9.17, 15) is 4.39 Å². The highest BCUT2D eigenvalue weighted by Crippen LogP contribution is 2.32. The highest BCUT2D eigenvalue weighted by atomic mass is 35.5. The minimum atomic E-state index is -0.308. The first-order valence-electron chi connectivity index (χ1n) is 7.51. The average molecular weight is 315 g/mol. The Morgan fingerprint density at radius 3 is 2.82 bits per heavy atom. The summed E-state index contributed by atoms with van der Waals surface area (Å²) in [7, 11) is 0. The number of rotatable bonds is 1. The summed E-state index contributed by atoms with van der Waals surface area (Å²) in [5, 5.41) is 5.12. The molecule has 4 rings (SSSR count). The molecule has 0 aliphatic carbocycles. The van der Waals surface area contributed by atoms with Crippen molar-refractivity contribution in [2.24, 2.45) is 0 Å². The molecule has 0 amide bonds. The van der Waals surface area contributed by atoms with E-state index in [-0.39, 0.29) is 5.82 Å². The fraction of sp³-hybridized carbons (Fsp3) is 0.222. The third kappa shape index (κ3) is 2.31. The number of benzene rings is 2. The standard InChI is InChI=1S/C18H16ClFN2/c19-17-11-14(20)3-4-16(17)12-1-2-13-9-15-5-6-21-7-8-22(15)18(13)10-12/h1-4,9-11,21H,5-8H2. The van der Waals surface area contributed by atoms with Gasteiger partial charge in [0.2, 0.25) is 0 Å². The van der Waals surface area contributed by atoms with Gasteiger partial charge in [0, 0.05) is 42.8 Å². The van der Waals surface area contributed by atoms with Crippen molar-refractivity contribution in [3.63, 3.8) is 0 Å². The van der Waals surface area contributed by atoms with E-state index in [1.54, 1.807) is 6.07 Å². The van der Waals surface area contributed by atoms with Crippen molar-refractivity contribution in [3.8, 4) is 11.1 Å². The van der Waals surface area contributed by atoms with Crippen LogP contribution in [0.1, 0.15) is 5.69 Å². The predicted molar refractivity (Wildman–Crippen MR) is 88.9 cm³/mol. The molecule has 0 saturated carbocycles. The molecule has 2 heterocycles. The minimum Gasteiger partial charge on any atom is -0.343 e. The van der Waals surface area contributed by atoms with Crippen LogP contribution >= 0.6 is 11.6 Å². The van der Waals surface area contributed by atoms with Gasteiger partial charge in [-0.25, -0.2) is 4.39 Å². The van der Waals surface area contributed by atoms with E-state index in [2.05, 4.69) is 34.1 Å². The average Bonchev–Trinajstić information content (AvgIpc) is 2.68. The van der Waals surface area contributed by atoms with Crippen LogP contribution in [-0.2, 0) is 13.0 Å². The van der Waals surface area contributed by atoms with Crippen LogP contribution in [0.4, 0.5) is 4.39 Å². The molecule has 1 N–H and O–H groups in total. The van der Waals surface area contributed by atoms with Gasteiger partial charge in [0.25, 0.3) is 0 Å². The van der Waals surface area contributed by atoms with Crippen LogP contribution in [0.25, 0.3) is 22.0 Å². The van der Waals surface area contributed by atoms with Crippen molar-refractivity contribution in [1.82, 2.24) is 9.88 Å². The molecule has 1 aliphatic heterocycles. The minimum absolute atomic E-state index is 0.308. The Bertz CT molecular complexity index is 854. The Hall–Kier alpha value is -1.84. The third-order valence-corrected chi connectivity index (χ3v) is 4.61. The number of halogens is 2. The number of fused-ring (bicyclic) bond motifs is 3. The number of aromatic nitrogens is 1. The van der Waals surface area contributed by atoms with Crippen LogP contribution in [0, 0.1) is 5.82 Å². The molecule has 22 heavy (non-hydrogen) atoms. The Labute approximate surface area is 133 Å². The van der Waals surface area contributed by atoms with E-state index in [0.717, 1.165) is 37.2 Å². The Morgan fingerprint density at radius 1 is 1.05 bits per heavy atom. The smallest absolute Gasteiger partial charge is 0.124 e. The third-order valence-electron chi connectivity index (χ3n) is 4.30. The van der Waals surface area contributed by atoms with Crippen molar-refractivity contribution in [2.45, 2.75) is 13.0 Å². The zero-order valence-electron chi connectivity index (χ0n) is 12.1. The van der Waals surface area contributed by atoms with Gasteiger partial charge in [0.15, 0.2) is 0 Å². The van der Waals surface area contributed by atoms with Gasteiger partial charge in [-0.1, -0.05) is 23.7 Å². The highest BCUT2D eigenvalue weighted by molar-refractivity contribution is 6.33. The van der Waals surface area contributed by atoms with Crippen LogP contribution < -0.4 is 5.32 Å². The molecule has 2 nitrogen and oxygen atoms in total. The van der Waals surface area contributed by atoms with Crippen LogP contribution in [0.2, 0.25) is 5.02 Å². The Kier molecular flexibility index (Phi) is 3.40. The van der Waals surface area contributed by atoms with Crippen LogP contribution in [0.5, 0.6) is 0 Å². The molecule has 0 unspecified atom stereocenters. The van der Waals surface area contributed by atoms with Crippen LogP contribution in [0.15, 0.2) is 42.5 Å². The summed E-state index contributed by atoms with van der Waals surface area (Å²) in [4.78, 5) is 0. The number of hydrogen-bond donors (Lipinski definition) is 1. The van der Waals surface area contributed by atoms with Crippen LogP contribution in [-0.4, -0.2) is 17.7 Å². The van der Waals surface area contributed by atoms with Crippen molar-refractivity contribution < 1.29 is 4.39 Å². The second kappa shape index (κ2) is 5.41. The summed E-state index contributed by atoms with van der Waals surface area (Å²) >= 11 is 6.20. The van der Waals surface area contributed by atoms with Gasteiger partial charge in [-0.15, -0.1) is 0 Å². The van der Waals surface area contributed by atoms with Gasteiger partial charge in [-0.3, -0.25) is 0 Å². The summed E-state index contributed by atoms with van der Waals surface area (Å²) in [6.07, 6.45) is 1.04. The first-order chi connectivity index (χ1) is 10.7. The van der Waals surface area contributed by atoms with Crippen molar-refractivity contribution >= 4 is 22.5 Å². The molecule has 0 saturated heterocycles. The van der Waals surface area contributed by atoms with Gasteiger partial charge < -0.3 is 9.88 Å². The molecule has 0 atom stereocenters. The van der Waals surface area contributed by atoms with Crippen molar-refractivity contribution in [1.29, 1.82) is 0 Å². The summed E-state index contributed by atoms with van der Waals surface area (Å²) in [5.41, 5.74) is 4.47. The summed E-state index contributed by atoms with van der Waals surface area (Å²) in [5.74, 6) is -0.308. The monoisotopic (exact) mass is 314 g/mol. The second-order valence-corrected chi connectivity index (χ2v) is 6.09. The van der Waals surface area contributed by atoms with E-state index in [0.29, 0.717) is 5.02 Å². The Balaban J connectivity index is 1.88. The molecular weight excluding hydrogens is 299 g/mol. The quantitative estimate of drug-likeness (QED) is 0.710. The zero-order valence-corrected chi connectivity index (χ0v) is 12.8. The molecule has 0 spiro atoms. The topological polar surface area (TPSA) is 17.0 Å².